The Hall–Kier alpha value is -0.980. The summed E-state index contributed by atoms with van der Waals surface area (Å²) in [6, 6.07) is 9.53. The fourth-order valence-electron chi connectivity index (χ4n) is 2.12. The van der Waals surface area contributed by atoms with E-state index in [-0.39, 0.29) is 0 Å². The summed E-state index contributed by atoms with van der Waals surface area (Å²) in [5, 5.41) is 0. The van der Waals surface area contributed by atoms with Crippen LogP contribution < -0.4 is 4.90 Å². The molecule has 0 radical (unpaired) electrons. The highest BCUT2D eigenvalue weighted by atomic mass is 15.2. The van der Waals surface area contributed by atoms with Gasteiger partial charge in [0.2, 0.25) is 0 Å². The fraction of sp³-hybridized carbons (Fsp3) is 0.500. The van der Waals surface area contributed by atoms with Gasteiger partial charge in [0.05, 0.1) is 0 Å². The summed E-state index contributed by atoms with van der Waals surface area (Å²) in [7, 11) is 0. The Morgan fingerprint density at radius 1 is 1.38 bits per heavy atom. The van der Waals surface area contributed by atoms with Crippen molar-refractivity contribution in [3.05, 3.63) is 29.8 Å². The van der Waals surface area contributed by atoms with Crippen LogP contribution in [0.1, 0.15) is 25.3 Å². The Labute approximate surface area is 80.4 Å². The van der Waals surface area contributed by atoms with Gasteiger partial charge in [0.1, 0.15) is 0 Å². The van der Waals surface area contributed by atoms with E-state index in [0.29, 0.717) is 0 Å². The van der Waals surface area contributed by atoms with E-state index >= 15 is 0 Å². The average Bonchev–Trinajstić information content (AvgIpc) is 2.51. The Morgan fingerprint density at radius 2 is 2.23 bits per heavy atom. The second kappa shape index (κ2) is 3.41. The molecular formula is C12H17N. The maximum absolute atomic E-state index is 2.51. The number of nitrogens with zero attached hydrogens (tertiary/aromatic N) is 1. The maximum Gasteiger partial charge on any atom is 0.0371 e. The van der Waals surface area contributed by atoms with E-state index in [0.717, 1.165) is 6.04 Å². The van der Waals surface area contributed by atoms with Gasteiger partial charge >= 0.3 is 0 Å². The molecule has 0 saturated carbocycles. The van der Waals surface area contributed by atoms with Crippen molar-refractivity contribution in [3.8, 4) is 0 Å². The Bertz CT molecular complexity index is 293. The van der Waals surface area contributed by atoms with Crippen molar-refractivity contribution in [1.82, 2.24) is 0 Å². The molecule has 0 unspecified atom stereocenters. The first kappa shape index (κ1) is 8.61. The molecule has 1 atom stereocenters. The van der Waals surface area contributed by atoms with Gasteiger partial charge in [-0.3, -0.25) is 0 Å². The predicted molar refractivity (Wildman–Crippen MR) is 57.2 cm³/mol. The summed E-state index contributed by atoms with van der Waals surface area (Å²) in [5.41, 5.74) is 2.75. The predicted octanol–water partition coefficient (Wildman–Crippen LogP) is 2.98. The smallest absolute Gasteiger partial charge is 0.0371 e. The van der Waals surface area contributed by atoms with Gasteiger partial charge in [0.25, 0.3) is 0 Å². The van der Waals surface area contributed by atoms with Crippen molar-refractivity contribution in [2.75, 3.05) is 11.4 Å². The largest absolute Gasteiger partial charge is 0.369 e. The van der Waals surface area contributed by atoms with Crippen LogP contribution in [0.2, 0.25) is 0 Å². The Kier molecular flexibility index (Phi) is 2.26. The molecule has 1 heteroatoms. The van der Waals surface area contributed by atoms with Crippen molar-refractivity contribution >= 4 is 5.69 Å². The summed E-state index contributed by atoms with van der Waals surface area (Å²) < 4.78 is 0. The molecule has 1 aliphatic rings. The number of benzene rings is 1. The third-order valence-electron chi connectivity index (χ3n) is 2.89. The molecule has 0 bridgehead atoms. The maximum atomic E-state index is 2.51. The molecule has 1 aliphatic heterocycles. The van der Waals surface area contributed by atoms with E-state index in [1.54, 1.807) is 0 Å². The summed E-state index contributed by atoms with van der Waals surface area (Å²) in [6.07, 6.45) is 2.68. The molecule has 1 nitrogen and oxygen atoms in total. The summed E-state index contributed by atoms with van der Waals surface area (Å²) in [5.74, 6) is 0. The van der Waals surface area contributed by atoms with Crippen molar-refractivity contribution in [2.45, 2.75) is 32.7 Å². The van der Waals surface area contributed by atoms with Crippen LogP contribution in [-0.2, 0) is 0 Å². The lowest BCUT2D eigenvalue weighted by molar-refractivity contribution is 0.735. The normalized spacial score (nSPS) is 22.3. The third-order valence-corrected chi connectivity index (χ3v) is 2.89. The van der Waals surface area contributed by atoms with E-state index in [4.69, 9.17) is 0 Å². The molecule has 1 saturated heterocycles. The molecule has 1 fully saturated rings. The lowest BCUT2D eigenvalue weighted by atomic mass is 10.2. The molecule has 0 amide bonds. The molecule has 2 rings (SSSR count). The monoisotopic (exact) mass is 175 g/mol. The quantitative estimate of drug-likeness (QED) is 0.634. The van der Waals surface area contributed by atoms with E-state index in [1.807, 2.05) is 0 Å². The first-order valence-electron chi connectivity index (χ1n) is 5.10. The molecule has 0 aliphatic carbocycles. The molecule has 1 aromatic carbocycles. The van der Waals surface area contributed by atoms with Crippen LogP contribution in [0.15, 0.2) is 24.3 Å². The molecule has 0 aromatic heterocycles. The topological polar surface area (TPSA) is 3.24 Å². The van der Waals surface area contributed by atoms with Gasteiger partial charge in [-0.25, -0.2) is 0 Å². The molecular weight excluding hydrogens is 158 g/mol. The van der Waals surface area contributed by atoms with Gasteiger partial charge in [0.15, 0.2) is 0 Å². The highest BCUT2D eigenvalue weighted by Crippen LogP contribution is 2.25. The zero-order chi connectivity index (χ0) is 9.26. The van der Waals surface area contributed by atoms with Gasteiger partial charge in [-0.1, -0.05) is 12.1 Å². The molecule has 13 heavy (non-hydrogen) atoms. The minimum Gasteiger partial charge on any atom is -0.369 e. The first-order valence-corrected chi connectivity index (χ1v) is 5.10. The molecule has 1 heterocycles. The summed E-state index contributed by atoms with van der Waals surface area (Å²) in [4.78, 5) is 2.51. The molecule has 70 valence electrons. The van der Waals surface area contributed by atoms with Crippen LogP contribution in [0.3, 0.4) is 0 Å². The lowest BCUT2D eigenvalue weighted by Gasteiger charge is -2.23. The average molecular weight is 175 g/mol. The van der Waals surface area contributed by atoms with E-state index < -0.39 is 0 Å². The van der Waals surface area contributed by atoms with Gasteiger partial charge in [-0.15, -0.1) is 0 Å². The standard InChI is InChI=1S/C12H17N/c1-10-5-3-7-12(9-10)13-8-4-6-11(13)2/h3,5,7,9,11H,4,6,8H2,1-2H3/t11-/m0/s1. The van der Waals surface area contributed by atoms with Crippen molar-refractivity contribution in [3.63, 3.8) is 0 Å². The van der Waals surface area contributed by atoms with Crippen molar-refractivity contribution in [1.29, 1.82) is 0 Å². The number of hydrogen-bond acceptors (Lipinski definition) is 1. The molecule has 1 aromatic rings. The van der Waals surface area contributed by atoms with E-state index in [9.17, 15) is 0 Å². The van der Waals surface area contributed by atoms with Crippen LogP contribution in [0.25, 0.3) is 0 Å². The first-order chi connectivity index (χ1) is 6.27. The van der Waals surface area contributed by atoms with Crippen LogP contribution in [0.4, 0.5) is 5.69 Å². The van der Waals surface area contributed by atoms with Crippen LogP contribution in [0, 0.1) is 6.92 Å². The Morgan fingerprint density at radius 3 is 2.85 bits per heavy atom. The van der Waals surface area contributed by atoms with Gasteiger partial charge < -0.3 is 4.90 Å². The van der Waals surface area contributed by atoms with Gasteiger partial charge in [-0.2, -0.15) is 0 Å². The minimum absolute atomic E-state index is 0.724. The highest BCUT2D eigenvalue weighted by Gasteiger charge is 2.19. The third kappa shape index (κ3) is 1.69. The zero-order valence-electron chi connectivity index (χ0n) is 8.46. The summed E-state index contributed by atoms with van der Waals surface area (Å²) in [6.45, 7) is 5.70. The minimum atomic E-state index is 0.724. The van der Waals surface area contributed by atoms with Gasteiger partial charge in [-0.05, 0) is 44.4 Å². The van der Waals surface area contributed by atoms with E-state index in [1.165, 1.54) is 30.6 Å². The summed E-state index contributed by atoms with van der Waals surface area (Å²) >= 11 is 0. The SMILES string of the molecule is Cc1cccc(N2CCC[C@@H]2C)c1. The van der Waals surface area contributed by atoms with Gasteiger partial charge in [0, 0.05) is 18.3 Å². The Balaban J connectivity index is 2.24. The lowest BCUT2D eigenvalue weighted by Crippen LogP contribution is -2.26. The van der Waals surface area contributed by atoms with Crippen LogP contribution in [0.5, 0.6) is 0 Å². The van der Waals surface area contributed by atoms with E-state index in [2.05, 4.69) is 43.0 Å². The second-order valence-electron chi connectivity index (χ2n) is 4.02. The number of aryl methyl sites for hydroxylation is 1. The second-order valence-corrected chi connectivity index (χ2v) is 4.02. The number of anilines is 1. The van der Waals surface area contributed by atoms with Crippen LogP contribution >= 0.6 is 0 Å². The highest BCUT2D eigenvalue weighted by molar-refractivity contribution is 5.49. The van der Waals surface area contributed by atoms with Crippen molar-refractivity contribution in [2.24, 2.45) is 0 Å². The zero-order valence-corrected chi connectivity index (χ0v) is 8.46. The molecule has 0 N–H and O–H groups in total. The number of hydrogen-bond donors (Lipinski definition) is 0. The van der Waals surface area contributed by atoms with Crippen molar-refractivity contribution < 1.29 is 0 Å². The fourth-order valence-corrected chi connectivity index (χ4v) is 2.12. The van der Waals surface area contributed by atoms with Crippen LogP contribution in [-0.4, -0.2) is 12.6 Å². The number of rotatable bonds is 1. The molecule has 0 spiro atoms.